The quantitative estimate of drug-likeness (QED) is 0.714. The van der Waals surface area contributed by atoms with E-state index in [4.69, 9.17) is 4.74 Å². The normalized spacial score (nSPS) is 25.0. The fourth-order valence-electron chi connectivity index (χ4n) is 4.82. The number of ether oxygens (including phenoxy) is 1. The predicted octanol–water partition coefficient (Wildman–Crippen LogP) is 1.48. The molecule has 31 heavy (non-hydrogen) atoms. The van der Waals surface area contributed by atoms with Gasteiger partial charge >= 0.3 is 0 Å². The van der Waals surface area contributed by atoms with Crippen LogP contribution in [0.25, 0.3) is 0 Å². The Labute approximate surface area is 182 Å². The van der Waals surface area contributed by atoms with Gasteiger partial charge in [-0.1, -0.05) is 12.1 Å². The van der Waals surface area contributed by atoms with E-state index in [2.05, 4.69) is 0 Å². The molecule has 0 radical (unpaired) electrons. The van der Waals surface area contributed by atoms with Gasteiger partial charge in [-0.25, -0.2) is 0 Å². The molecule has 0 N–H and O–H groups in total. The molecule has 0 bridgehead atoms. The second-order valence-electron chi connectivity index (χ2n) is 8.73. The summed E-state index contributed by atoms with van der Waals surface area (Å²) in [4.78, 5) is 55.3. The fraction of sp³-hybridized carbons (Fsp3) is 0.565. The first-order valence-electron chi connectivity index (χ1n) is 10.9. The first-order valence-corrected chi connectivity index (χ1v) is 10.9. The number of benzene rings is 1. The van der Waals surface area contributed by atoms with Gasteiger partial charge in [0.25, 0.3) is 0 Å². The molecule has 0 aromatic heterocycles. The summed E-state index contributed by atoms with van der Waals surface area (Å²) in [6, 6.07) is 6.64. The van der Waals surface area contributed by atoms with Crippen molar-refractivity contribution in [1.82, 2.24) is 14.7 Å². The standard InChI is InChI=1S/C23H29N3O5/c1-16(22(30)25-13-11-24(12-14-25)17(2)27)26-10-9-23(8-7-21(26)29)15-19(28)18-5-3-4-6-20(18)31-23/h3-6,16H,7-15H2,1-2H3/t16-,23+/m0/s1. The second-order valence-corrected chi connectivity index (χ2v) is 8.73. The Balaban J connectivity index is 1.43. The van der Waals surface area contributed by atoms with E-state index in [1.807, 2.05) is 12.1 Å². The number of Topliss-reactive ketones (excluding diaryl/α,β-unsaturated/α-hetero) is 1. The molecular formula is C23H29N3O5. The minimum absolute atomic E-state index is 0.0109. The number of hydrogen-bond acceptors (Lipinski definition) is 5. The Morgan fingerprint density at radius 2 is 1.68 bits per heavy atom. The Kier molecular flexibility index (Phi) is 5.73. The predicted molar refractivity (Wildman–Crippen MR) is 113 cm³/mol. The molecule has 1 aromatic carbocycles. The molecule has 0 aliphatic carbocycles. The molecule has 1 spiro atoms. The Morgan fingerprint density at radius 1 is 1.00 bits per heavy atom. The third-order valence-electron chi connectivity index (χ3n) is 6.78. The SMILES string of the molecule is CC(=O)N1CCN(C(=O)[C@H](C)N2CC[C@]3(CCC2=O)CC(=O)c2ccccc2O3)CC1. The average Bonchev–Trinajstić information content (AvgIpc) is 2.92. The number of piperazine rings is 1. The van der Waals surface area contributed by atoms with Crippen LogP contribution < -0.4 is 4.74 Å². The van der Waals surface area contributed by atoms with Crippen LogP contribution in [0.3, 0.4) is 0 Å². The summed E-state index contributed by atoms with van der Waals surface area (Å²) in [5.41, 5.74) is -0.111. The summed E-state index contributed by atoms with van der Waals surface area (Å²) in [5, 5.41) is 0. The van der Waals surface area contributed by atoms with E-state index in [1.165, 1.54) is 6.92 Å². The molecule has 3 aliphatic heterocycles. The third-order valence-corrected chi connectivity index (χ3v) is 6.78. The lowest BCUT2D eigenvalue weighted by atomic mass is 9.84. The van der Waals surface area contributed by atoms with Gasteiger partial charge < -0.3 is 19.4 Å². The number of amides is 3. The van der Waals surface area contributed by atoms with Crippen LogP contribution >= 0.6 is 0 Å². The van der Waals surface area contributed by atoms with Crippen LogP contribution in [0.15, 0.2) is 24.3 Å². The van der Waals surface area contributed by atoms with Crippen LogP contribution in [0.4, 0.5) is 0 Å². The van der Waals surface area contributed by atoms with Gasteiger partial charge in [0.2, 0.25) is 17.7 Å². The molecule has 2 atom stereocenters. The molecule has 166 valence electrons. The third kappa shape index (κ3) is 4.16. The monoisotopic (exact) mass is 427 g/mol. The van der Waals surface area contributed by atoms with Crippen molar-refractivity contribution in [3.05, 3.63) is 29.8 Å². The maximum absolute atomic E-state index is 13.1. The lowest BCUT2D eigenvalue weighted by Crippen LogP contribution is -2.55. The first kappa shape index (κ1) is 21.3. The molecule has 2 saturated heterocycles. The maximum Gasteiger partial charge on any atom is 0.245 e. The van der Waals surface area contributed by atoms with Crippen molar-refractivity contribution in [3.63, 3.8) is 0 Å². The molecule has 8 heteroatoms. The van der Waals surface area contributed by atoms with Gasteiger partial charge in [0.1, 0.15) is 17.4 Å². The number of para-hydroxylation sites is 1. The zero-order valence-electron chi connectivity index (χ0n) is 18.1. The van der Waals surface area contributed by atoms with Crippen molar-refractivity contribution < 1.29 is 23.9 Å². The number of hydrogen-bond donors (Lipinski definition) is 0. The molecule has 0 saturated carbocycles. The van der Waals surface area contributed by atoms with Crippen molar-refractivity contribution in [2.75, 3.05) is 32.7 Å². The number of nitrogens with zero attached hydrogens (tertiary/aromatic N) is 3. The number of fused-ring (bicyclic) bond motifs is 1. The lowest BCUT2D eigenvalue weighted by molar-refractivity contribution is -0.147. The van der Waals surface area contributed by atoms with Gasteiger partial charge in [-0.3, -0.25) is 19.2 Å². The maximum atomic E-state index is 13.1. The topological polar surface area (TPSA) is 87.2 Å². The first-order chi connectivity index (χ1) is 14.8. The van der Waals surface area contributed by atoms with Crippen LogP contribution in [0.1, 0.15) is 49.9 Å². The highest BCUT2D eigenvalue weighted by molar-refractivity contribution is 6.00. The lowest BCUT2D eigenvalue weighted by Gasteiger charge is -2.38. The molecule has 3 heterocycles. The van der Waals surface area contributed by atoms with Gasteiger partial charge in [-0.15, -0.1) is 0 Å². The highest BCUT2D eigenvalue weighted by Gasteiger charge is 2.44. The molecule has 2 fully saturated rings. The molecular weight excluding hydrogens is 398 g/mol. The van der Waals surface area contributed by atoms with Crippen LogP contribution in [0, 0.1) is 0 Å². The Bertz CT molecular complexity index is 908. The van der Waals surface area contributed by atoms with Crippen molar-refractivity contribution in [2.24, 2.45) is 0 Å². The Hall–Kier alpha value is -2.90. The number of carbonyl (C=O) groups is 4. The van der Waals surface area contributed by atoms with E-state index < -0.39 is 11.6 Å². The summed E-state index contributed by atoms with van der Waals surface area (Å²) in [6.45, 7) is 5.64. The zero-order valence-corrected chi connectivity index (χ0v) is 18.1. The summed E-state index contributed by atoms with van der Waals surface area (Å²) >= 11 is 0. The van der Waals surface area contributed by atoms with Crippen molar-refractivity contribution in [2.45, 2.75) is 51.2 Å². The largest absolute Gasteiger partial charge is 0.486 e. The van der Waals surface area contributed by atoms with Gasteiger partial charge in [0.15, 0.2) is 5.78 Å². The van der Waals surface area contributed by atoms with E-state index >= 15 is 0 Å². The number of likely N-dealkylation sites (tertiary alicyclic amines) is 1. The summed E-state index contributed by atoms with van der Waals surface area (Å²) in [7, 11) is 0. The molecule has 8 nitrogen and oxygen atoms in total. The van der Waals surface area contributed by atoms with Gasteiger partial charge in [0, 0.05) is 52.5 Å². The molecule has 4 rings (SSSR count). The van der Waals surface area contributed by atoms with Crippen LogP contribution in [-0.2, 0) is 14.4 Å². The summed E-state index contributed by atoms with van der Waals surface area (Å²) in [6.07, 6.45) is 1.46. The Morgan fingerprint density at radius 3 is 2.39 bits per heavy atom. The minimum Gasteiger partial charge on any atom is -0.486 e. The minimum atomic E-state index is -0.703. The van der Waals surface area contributed by atoms with Gasteiger partial charge in [-0.2, -0.15) is 0 Å². The van der Waals surface area contributed by atoms with E-state index in [1.54, 1.807) is 33.8 Å². The van der Waals surface area contributed by atoms with Crippen molar-refractivity contribution >= 4 is 23.5 Å². The van der Waals surface area contributed by atoms with E-state index in [9.17, 15) is 19.2 Å². The number of ketones is 1. The summed E-state index contributed by atoms with van der Waals surface area (Å²) < 4.78 is 6.27. The zero-order chi connectivity index (χ0) is 22.2. The molecule has 0 unspecified atom stereocenters. The number of carbonyl (C=O) groups excluding carboxylic acids is 4. The highest BCUT2D eigenvalue weighted by Crippen LogP contribution is 2.39. The van der Waals surface area contributed by atoms with Crippen LogP contribution in [0.2, 0.25) is 0 Å². The fourth-order valence-corrected chi connectivity index (χ4v) is 4.82. The molecule has 3 amide bonds. The van der Waals surface area contributed by atoms with Crippen molar-refractivity contribution in [3.8, 4) is 5.75 Å². The van der Waals surface area contributed by atoms with E-state index in [-0.39, 0.29) is 36.3 Å². The number of rotatable bonds is 2. The smallest absolute Gasteiger partial charge is 0.245 e. The molecule has 3 aliphatic rings. The van der Waals surface area contributed by atoms with E-state index in [0.29, 0.717) is 56.9 Å². The highest BCUT2D eigenvalue weighted by atomic mass is 16.5. The second kappa shape index (κ2) is 8.32. The summed E-state index contributed by atoms with van der Waals surface area (Å²) in [5.74, 6) is 0.438. The average molecular weight is 428 g/mol. The molecule has 1 aromatic rings. The van der Waals surface area contributed by atoms with Crippen molar-refractivity contribution in [1.29, 1.82) is 0 Å². The van der Waals surface area contributed by atoms with Gasteiger partial charge in [-0.05, 0) is 25.5 Å². The van der Waals surface area contributed by atoms with Crippen LogP contribution in [0.5, 0.6) is 5.75 Å². The van der Waals surface area contributed by atoms with E-state index in [0.717, 1.165) is 0 Å². The van der Waals surface area contributed by atoms with Gasteiger partial charge in [0.05, 0.1) is 12.0 Å². The van der Waals surface area contributed by atoms with Crippen LogP contribution in [-0.4, -0.2) is 82.6 Å².